The molecule has 1 radical (unpaired) electrons. The monoisotopic (exact) mass is 510 g/mol. The summed E-state index contributed by atoms with van der Waals surface area (Å²) < 4.78 is 9.88. The summed E-state index contributed by atoms with van der Waals surface area (Å²) in [4.78, 5) is 12.6. The van der Waals surface area contributed by atoms with Gasteiger partial charge in [-0.3, -0.25) is 10.2 Å². The van der Waals surface area contributed by atoms with Crippen LogP contribution in [0.3, 0.4) is 0 Å². The van der Waals surface area contributed by atoms with E-state index in [9.17, 15) is 4.79 Å². The first-order valence-corrected chi connectivity index (χ1v) is 10.9. The Morgan fingerprint density at radius 3 is 2.38 bits per heavy atom. The molecule has 0 saturated heterocycles. The molecule has 1 atom stereocenters. The summed E-state index contributed by atoms with van der Waals surface area (Å²) in [7, 11) is 1.71. The third-order valence-electron chi connectivity index (χ3n) is 5.52. The Morgan fingerprint density at radius 1 is 1.18 bits per heavy atom. The number of aliphatic hydroxyl groups excluding tert-OH is 1. The molecule has 0 aliphatic carbocycles. The number of anilines is 1. The smallest absolute Gasteiger partial charge is 0.315 e. The summed E-state index contributed by atoms with van der Waals surface area (Å²) in [5.41, 5.74) is 4.76. The van der Waals surface area contributed by atoms with Crippen LogP contribution in [0.15, 0.2) is 60.3 Å². The molecule has 7 nitrogen and oxygen atoms in total. The Bertz CT molecular complexity index is 1010. The van der Waals surface area contributed by atoms with E-state index in [1.54, 1.807) is 14.0 Å². The minimum Gasteiger partial charge on any atom is -0.497 e. The number of carbonyl (C=O) groups excluding carboxylic acids is 1. The van der Waals surface area contributed by atoms with E-state index in [1.807, 2.05) is 18.2 Å². The summed E-state index contributed by atoms with van der Waals surface area (Å²) in [6.45, 7) is 7.25. The fraction of sp³-hybridized carbons (Fsp3) is 0.346. The summed E-state index contributed by atoms with van der Waals surface area (Å²) >= 11 is 0. The summed E-state index contributed by atoms with van der Waals surface area (Å²) in [5.74, 6) is -0.348. The molecule has 3 rings (SSSR count). The fourth-order valence-corrected chi connectivity index (χ4v) is 4.12. The number of carbonyl (C=O) groups is 1. The third-order valence-corrected chi connectivity index (χ3v) is 5.52. The zero-order chi connectivity index (χ0) is 24.4. The molecule has 1 aliphatic heterocycles. The van der Waals surface area contributed by atoms with E-state index in [0.717, 1.165) is 18.7 Å². The molecule has 0 amide bonds. The van der Waals surface area contributed by atoms with Crippen LogP contribution in [0.4, 0.5) is 5.69 Å². The first kappa shape index (κ1) is 28.9. The van der Waals surface area contributed by atoms with Crippen molar-refractivity contribution in [2.24, 2.45) is 0 Å². The number of likely N-dealkylation sites (N-methyl/N-ethyl adjacent to an activating group) is 1. The normalized spacial score (nSPS) is 17.1. The van der Waals surface area contributed by atoms with Crippen LogP contribution in [0.1, 0.15) is 38.3 Å². The number of benzene rings is 2. The van der Waals surface area contributed by atoms with Crippen molar-refractivity contribution in [3.63, 3.8) is 0 Å². The van der Waals surface area contributed by atoms with E-state index in [0.29, 0.717) is 0 Å². The largest absolute Gasteiger partial charge is 0.497 e. The topological polar surface area (TPSA) is 107 Å². The van der Waals surface area contributed by atoms with E-state index < -0.39 is 11.9 Å². The molecule has 0 aromatic heterocycles. The van der Waals surface area contributed by atoms with E-state index in [1.165, 1.54) is 28.7 Å². The number of allylic oxidation sites excluding steroid dienone is 2. The van der Waals surface area contributed by atoms with Crippen LogP contribution >= 0.6 is 0 Å². The first-order chi connectivity index (χ1) is 15.8. The van der Waals surface area contributed by atoms with E-state index >= 15 is 0 Å². The maximum Gasteiger partial charge on any atom is 0.315 e. The van der Waals surface area contributed by atoms with Crippen LogP contribution in [-0.2, 0) is 38.1 Å². The van der Waals surface area contributed by atoms with Gasteiger partial charge in [0.05, 0.1) is 13.7 Å². The Balaban J connectivity index is 0.000000496. The minimum absolute atomic E-state index is 0. The van der Waals surface area contributed by atoms with Crippen molar-refractivity contribution < 1.29 is 36.2 Å². The van der Waals surface area contributed by atoms with Gasteiger partial charge in [-0.2, -0.15) is 0 Å². The van der Waals surface area contributed by atoms with Crippen molar-refractivity contribution in [2.75, 3.05) is 25.2 Å². The number of ether oxygens (including phenoxy) is 2. The van der Waals surface area contributed by atoms with Crippen LogP contribution in [0, 0.1) is 10.8 Å². The second-order valence-corrected chi connectivity index (χ2v) is 7.77. The average Bonchev–Trinajstić information content (AvgIpc) is 3.01. The molecule has 1 heterocycles. The summed E-state index contributed by atoms with van der Waals surface area (Å²) in [5, 5.41) is 22.3. The van der Waals surface area contributed by atoms with Crippen LogP contribution in [0.25, 0.3) is 0 Å². The average molecular weight is 511 g/mol. The molecule has 34 heavy (non-hydrogen) atoms. The van der Waals surface area contributed by atoms with Gasteiger partial charge in [0.25, 0.3) is 0 Å². The Morgan fingerprint density at radius 2 is 1.85 bits per heavy atom. The van der Waals surface area contributed by atoms with Gasteiger partial charge in [0.15, 0.2) is 5.90 Å². The predicted octanol–water partition coefficient (Wildman–Crippen LogP) is 5.04. The number of hydrogen-bond acceptors (Lipinski definition) is 6. The molecule has 2 aromatic carbocycles. The van der Waals surface area contributed by atoms with Crippen LogP contribution in [0.2, 0.25) is 0 Å². The van der Waals surface area contributed by atoms with Crippen molar-refractivity contribution in [1.82, 2.24) is 0 Å². The molecule has 3 N–H and O–H groups in total. The van der Waals surface area contributed by atoms with Crippen molar-refractivity contribution in [2.45, 2.75) is 39.0 Å². The molecule has 0 saturated carbocycles. The van der Waals surface area contributed by atoms with Gasteiger partial charge in [-0.1, -0.05) is 30.3 Å². The molecule has 185 valence electrons. The fourth-order valence-electron chi connectivity index (χ4n) is 4.12. The molecule has 8 heteroatoms. The van der Waals surface area contributed by atoms with Crippen molar-refractivity contribution >= 4 is 23.8 Å². The maximum atomic E-state index is 10.3. The van der Waals surface area contributed by atoms with Crippen molar-refractivity contribution in [1.29, 1.82) is 10.8 Å². The van der Waals surface area contributed by atoms with Crippen molar-refractivity contribution in [3.8, 4) is 5.75 Å². The predicted molar refractivity (Wildman–Crippen MR) is 132 cm³/mol. The molecule has 0 bridgehead atoms. The summed E-state index contributed by atoms with van der Waals surface area (Å²) in [6.07, 6.45) is 3.89. The molecular weight excluding hydrogens is 477 g/mol. The number of esters is 1. The van der Waals surface area contributed by atoms with Crippen molar-refractivity contribution in [3.05, 3.63) is 71.4 Å². The number of rotatable bonds is 8. The number of fused-ring (bicyclic) bond motifs is 1. The van der Waals surface area contributed by atoms with Gasteiger partial charge in [-0.25, -0.2) is 0 Å². The zero-order valence-electron chi connectivity index (χ0n) is 20.1. The van der Waals surface area contributed by atoms with Gasteiger partial charge < -0.3 is 24.9 Å². The quantitative estimate of drug-likeness (QED) is 0.262. The van der Waals surface area contributed by atoms with Gasteiger partial charge in [0, 0.05) is 46.3 Å². The Labute approximate surface area is 212 Å². The van der Waals surface area contributed by atoms with E-state index in [2.05, 4.69) is 59.9 Å². The van der Waals surface area contributed by atoms with E-state index in [-0.39, 0.29) is 35.2 Å². The molecule has 0 fully saturated rings. The minimum atomic E-state index is -0.659. The van der Waals surface area contributed by atoms with Gasteiger partial charge in [0.2, 0.25) is 0 Å². The Kier molecular flexibility index (Phi) is 11.5. The zero-order valence-corrected chi connectivity index (χ0v) is 21.1. The van der Waals surface area contributed by atoms with Gasteiger partial charge in [-0.05, 0) is 62.6 Å². The third kappa shape index (κ3) is 6.95. The molecule has 0 spiro atoms. The number of aliphatic hydroxyl groups is 1. The number of nitrogens with zero attached hydrogens (tertiary/aromatic N) is 1. The molecular formula is C26H33CoN3O4. The molecule has 1 aliphatic rings. The molecule has 1 unspecified atom stereocenters. The van der Waals surface area contributed by atoms with Gasteiger partial charge in [-0.15, -0.1) is 0 Å². The SMILES string of the molecule is CCN1/C(=C\C=N)C(C)(Cc2ccccc2)c2cc(OC)ccc21.CCOC(=O)CC(=N)O.[Co]. The number of hydrogen-bond donors (Lipinski definition) is 3. The van der Waals surface area contributed by atoms with Crippen LogP contribution in [-0.4, -0.2) is 43.4 Å². The van der Waals surface area contributed by atoms with Crippen LogP contribution < -0.4 is 9.64 Å². The maximum absolute atomic E-state index is 10.3. The second-order valence-electron chi connectivity index (χ2n) is 7.77. The van der Waals surface area contributed by atoms with Gasteiger partial charge >= 0.3 is 5.97 Å². The summed E-state index contributed by atoms with van der Waals surface area (Å²) in [6, 6.07) is 16.8. The Hall–Kier alpha value is -3.10. The first-order valence-electron chi connectivity index (χ1n) is 10.9. The molecule has 2 aromatic rings. The van der Waals surface area contributed by atoms with Gasteiger partial charge in [0.1, 0.15) is 12.2 Å². The van der Waals surface area contributed by atoms with Crippen LogP contribution in [0.5, 0.6) is 5.75 Å². The van der Waals surface area contributed by atoms with E-state index in [4.69, 9.17) is 20.7 Å². The second kappa shape index (κ2) is 13.6. The number of methoxy groups -OCH3 is 1. The standard InChI is InChI=1S/C21H24N2O.C5H9NO3.Co/c1-4-23-19-11-10-17(24-3)14-18(19)21(2,20(23)12-13-22)15-16-8-6-5-7-9-16;1-2-9-5(8)3-4(6)7;/h5-14,22H,4,15H2,1-3H3;2-3H2,1H3,(H2,6,7);/b20-12-,22-13?;;. The number of nitrogens with one attached hydrogen (secondary N) is 2.